The van der Waals surface area contributed by atoms with Crippen LogP contribution >= 0.6 is 0 Å². The highest BCUT2D eigenvalue weighted by Gasteiger charge is 2.01. The number of esters is 1. The number of aliphatic hydroxyl groups is 1. The molecule has 1 aromatic rings. The maximum Gasteiger partial charge on any atom is 0.317 e. The molecule has 1 rings (SSSR count). The van der Waals surface area contributed by atoms with E-state index in [-0.39, 0.29) is 18.6 Å². The molecule has 0 atom stereocenters. The van der Waals surface area contributed by atoms with Gasteiger partial charge >= 0.3 is 5.97 Å². The largest absolute Gasteiger partial charge is 0.465 e. The number of benzene rings is 1. The Kier molecular flexibility index (Phi) is 5.18. The molecular formula is C13H13FO3. The second kappa shape index (κ2) is 6.66. The highest BCUT2D eigenvalue weighted by atomic mass is 19.1. The fourth-order valence-corrected chi connectivity index (χ4v) is 1.18. The van der Waals surface area contributed by atoms with Gasteiger partial charge in [-0.2, -0.15) is 0 Å². The summed E-state index contributed by atoms with van der Waals surface area (Å²) < 4.78 is 17.9. The Morgan fingerprint density at radius 1 is 1.53 bits per heavy atom. The van der Waals surface area contributed by atoms with Crippen LogP contribution in [0.4, 0.5) is 4.39 Å². The first-order valence-electron chi connectivity index (χ1n) is 5.21. The zero-order valence-corrected chi connectivity index (χ0v) is 9.50. The molecule has 0 spiro atoms. The van der Waals surface area contributed by atoms with Gasteiger partial charge in [-0.15, -0.1) is 0 Å². The zero-order chi connectivity index (χ0) is 12.7. The summed E-state index contributed by atoms with van der Waals surface area (Å²) in [7, 11) is 0. The van der Waals surface area contributed by atoms with E-state index < -0.39 is 11.8 Å². The summed E-state index contributed by atoms with van der Waals surface area (Å²) in [5.74, 6) is 4.35. The third-order valence-corrected chi connectivity index (χ3v) is 1.99. The third-order valence-electron chi connectivity index (χ3n) is 1.99. The first-order chi connectivity index (χ1) is 8.17. The van der Waals surface area contributed by atoms with E-state index in [1.165, 1.54) is 12.1 Å². The molecule has 0 fully saturated rings. The minimum absolute atomic E-state index is 0.0167. The quantitative estimate of drug-likeness (QED) is 0.640. The van der Waals surface area contributed by atoms with Gasteiger partial charge in [-0.05, 0) is 19.1 Å². The van der Waals surface area contributed by atoms with Gasteiger partial charge in [0, 0.05) is 11.1 Å². The van der Waals surface area contributed by atoms with Crippen molar-refractivity contribution in [3.63, 3.8) is 0 Å². The van der Waals surface area contributed by atoms with E-state index in [1.54, 1.807) is 13.0 Å². The molecule has 90 valence electrons. The molecule has 3 nitrogen and oxygen atoms in total. The van der Waals surface area contributed by atoms with Gasteiger partial charge in [-0.1, -0.05) is 17.9 Å². The molecule has 0 heterocycles. The second-order valence-electron chi connectivity index (χ2n) is 3.25. The average Bonchev–Trinajstić information content (AvgIpc) is 2.29. The number of aliphatic hydroxyl groups excluding tert-OH is 1. The van der Waals surface area contributed by atoms with Crippen LogP contribution in [0.5, 0.6) is 0 Å². The maximum absolute atomic E-state index is 13.2. The lowest BCUT2D eigenvalue weighted by Gasteiger charge is -1.98. The van der Waals surface area contributed by atoms with E-state index in [1.807, 2.05) is 0 Å². The van der Waals surface area contributed by atoms with Crippen molar-refractivity contribution in [3.05, 3.63) is 35.1 Å². The Bertz CT molecular complexity index is 457. The molecule has 0 aliphatic heterocycles. The van der Waals surface area contributed by atoms with Crippen molar-refractivity contribution < 1.29 is 19.0 Å². The van der Waals surface area contributed by atoms with Gasteiger partial charge < -0.3 is 9.84 Å². The van der Waals surface area contributed by atoms with Crippen LogP contribution in [0.2, 0.25) is 0 Å². The summed E-state index contributed by atoms with van der Waals surface area (Å²) in [6.45, 7) is 1.69. The highest BCUT2D eigenvalue weighted by molar-refractivity contribution is 5.72. The maximum atomic E-state index is 13.2. The van der Waals surface area contributed by atoms with Crippen LogP contribution in [0.3, 0.4) is 0 Å². The normalized spacial score (nSPS) is 9.35. The van der Waals surface area contributed by atoms with Crippen LogP contribution in [0.25, 0.3) is 0 Å². The van der Waals surface area contributed by atoms with Crippen molar-refractivity contribution in [2.24, 2.45) is 0 Å². The van der Waals surface area contributed by atoms with E-state index >= 15 is 0 Å². The van der Waals surface area contributed by atoms with E-state index in [0.717, 1.165) is 0 Å². The predicted molar refractivity (Wildman–Crippen MR) is 60.5 cm³/mol. The van der Waals surface area contributed by atoms with Crippen LogP contribution in [0, 0.1) is 17.7 Å². The van der Waals surface area contributed by atoms with Gasteiger partial charge in [-0.3, -0.25) is 4.79 Å². The van der Waals surface area contributed by atoms with Crippen molar-refractivity contribution in [1.82, 2.24) is 0 Å². The molecule has 4 heteroatoms. The van der Waals surface area contributed by atoms with Crippen molar-refractivity contribution in [3.8, 4) is 11.8 Å². The average molecular weight is 236 g/mol. The first kappa shape index (κ1) is 13.2. The first-order valence-corrected chi connectivity index (χ1v) is 5.21. The van der Waals surface area contributed by atoms with E-state index in [0.29, 0.717) is 12.2 Å². The highest BCUT2D eigenvalue weighted by Crippen LogP contribution is 2.09. The predicted octanol–water partition coefficient (Wildman–Crippen LogP) is 1.62. The summed E-state index contributed by atoms with van der Waals surface area (Å²) in [6, 6.07) is 4.28. The molecule has 17 heavy (non-hydrogen) atoms. The number of halogens is 1. The fourth-order valence-electron chi connectivity index (χ4n) is 1.18. The van der Waals surface area contributed by atoms with E-state index in [2.05, 4.69) is 11.8 Å². The second-order valence-corrected chi connectivity index (χ2v) is 3.25. The summed E-state index contributed by atoms with van der Waals surface area (Å²) in [5, 5.41) is 8.78. The molecule has 1 aromatic carbocycles. The molecular weight excluding hydrogens is 223 g/mol. The van der Waals surface area contributed by atoms with E-state index in [9.17, 15) is 9.18 Å². The Labute approximate surface area is 99.2 Å². The third kappa shape index (κ3) is 4.25. The van der Waals surface area contributed by atoms with Gasteiger partial charge in [-0.25, -0.2) is 4.39 Å². The van der Waals surface area contributed by atoms with Crippen molar-refractivity contribution in [2.45, 2.75) is 20.0 Å². The van der Waals surface area contributed by atoms with Gasteiger partial charge in [0.2, 0.25) is 0 Å². The fraction of sp³-hybridized carbons (Fsp3) is 0.308. The minimum atomic E-state index is -0.504. The van der Waals surface area contributed by atoms with E-state index in [4.69, 9.17) is 9.84 Å². The standard InChI is InChI=1S/C13H13FO3/c1-2-17-13(16)5-3-4-10-6-7-11(9-15)12(14)8-10/h6-8,15H,2,5,9H2,1H3. The summed E-state index contributed by atoms with van der Waals surface area (Å²) in [6.07, 6.45) is -0.0167. The Hall–Kier alpha value is -1.86. The zero-order valence-electron chi connectivity index (χ0n) is 9.50. The number of ether oxygens (including phenoxy) is 1. The molecule has 0 radical (unpaired) electrons. The van der Waals surface area contributed by atoms with Crippen LogP contribution in [-0.2, 0) is 16.1 Å². The monoisotopic (exact) mass is 236 g/mol. The minimum Gasteiger partial charge on any atom is -0.465 e. The van der Waals surface area contributed by atoms with Gasteiger partial charge in [0.05, 0.1) is 13.2 Å². The van der Waals surface area contributed by atoms with Crippen molar-refractivity contribution in [2.75, 3.05) is 6.61 Å². The van der Waals surface area contributed by atoms with Crippen LogP contribution in [-0.4, -0.2) is 17.7 Å². The van der Waals surface area contributed by atoms with Crippen LogP contribution in [0.1, 0.15) is 24.5 Å². The summed E-state index contributed by atoms with van der Waals surface area (Å²) in [4.78, 5) is 11.0. The molecule has 0 aromatic heterocycles. The summed E-state index contributed by atoms with van der Waals surface area (Å²) in [5.41, 5.74) is 0.685. The van der Waals surface area contributed by atoms with Crippen LogP contribution < -0.4 is 0 Å². The number of carbonyl (C=O) groups is 1. The molecule has 0 amide bonds. The lowest BCUT2D eigenvalue weighted by atomic mass is 10.1. The smallest absolute Gasteiger partial charge is 0.317 e. The number of rotatable bonds is 3. The molecule has 0 saturated carbocycles. The molecule has 1 N–H and O–H groups in total. The Morgan fingerprint density at radius 2 is 2.29 bits per heavy atom. The Balaban J connectivity index is 2.66. The molecule has 0 aliphatic carbocycles. The molecule has 0 unspecified atom stereocenters. The molecule has 0 bridgehead atoms. The van der Waals surface area contributed by atoms with Crippen molar-refractivity contribution >= 4 is 5.97 Å². The molecule has 0 aliphatic rings. The SMILES string of the molecule is CCOC(=O)CC#Cc1ccc(CO)c(F)c1. The van der Waals surface area contributed by atoms with Gasteiger partial charge in [0.15, 0.2) is 0 Å². The topological polar surface area (TPSA) is 46.5 Å². The van der Waals surface area contributed by atoms with Gasteiger partial charge in [0.1, 0.15) is 12.2 Å². The Morgan fingerprint density at radius 3 is 2.88 bits per heavy atom. The number of hydrogen-bond donors (Lipinski definition) is 1. The van der Waals surface area contributed by atoms with Gasteiger partial charge in [0.25, 0.3) is 0 Å². The summed E-state index contributed by atoms with van der Waals surface area (Å²) >= 11 is 0. The van der Waals surface area contributed by atoms with Crippen molar-refractivity contribution in [1.29, 1.82) is 0 Å². The lowest BCUT2D eigenvalue weighted by molar-refractivity contribution is -0.141. The number of carbonyl (C=O) groups excluding carboxylic acids is 1. The van der Waals surface area contributed by atoms with Crippen LogP contribution in [0.15, 0.2) is 18.2 Å². The number of hydrogen-bond acceptors (Lipinski definition) is 3. The lowest BCUT2D eigenvalue weighted by Crippen LogP contribution is -2.01. The molecule has 0 saturated heterocycles.